The van der Waals surface area contributed by atoms with E-state index in [1.165, 1.54) is 11.8 Å². The minimum atomic E-state index is -0.657. The van der Waals surface area contributed by atoms with Crippen LogP contribution < -0.4 is 0 Å². The monoisotopic (exact) mass is 397 g/mol. The van der Waals surface area contributed by atoms with E-state index in [0.717, 1.165) is 43.6 Å². The van der Waals surface area contributed by atoms with Crippen LogP contribution in [-0.4, -0.2) is 43.9 Å². The van der Waals surface area contributed by atoms with Gasteiger partial charge in [0.15, 0.2) is 0 Å². The molecule has 0 atom stereocenters. The minimum absolute atomic E-state index is 0.0457. The van der Waals surface area contributed by atoms with Crippen molar-refractivity contribution in [3.63, 3.8) is 0 Å². The summed E-state index contributed by atoms with van der Waals surface area (Å²) in [6.45, 7) is 4.16. The van der Waals surface area contributed by atoms with Gasteiger partial charge in [0, 0.05) is 13.0 Å². The minimum Gasteiger partial charge on any atom is -0.326 e. The lowest BCUT2D eigenvalue weighted by Crippen LogP contribution is -2.50. The molecule has 0 aliphatic heterocycles. The number of rotatable bonds is 6. The Kier molecular flexibility index (Phi) is 6.40. The van der Waals surface area contributed by atoms with E-state index in [-0.39, 0.29) is 17.6 Å². The van der Waals surface area contributed by atoms with Crippen LogP contribution in [0.25, 0.3) is 5.69 Å². The van der Waals surface area contributed by atoms with Gasteiger partial charge in [0.05, 0.1) is 17.5 Å². The van der Waals surface area contributed by atoms with Gasteiger partial charge in [0.1, 0.15) is 11.4 Å². The second kappa shape index (κ2) is 8.78. The molecule has 0 unspecified atom stereocenters. The summed E-state index contributed by atoms with van der Waals surface area (Å²) < 4.78 is 1.85. The first-order chi connectivity index (χ1) is 13.5. The number of hydrogen-bond donors (Lipinski definition) is 0. The van der Waals surface area contributed by atoms with Crippen LogP contribution in [0.2, 0.25) is 0 Å². The molecule has 1 fully saturated rings. The van der Waals surface area contributed by atoms with Gasteiger partial charge >= 0.3 is 0 Å². The first-order valence-electron chi connectivity index (χ1n) is 9.80. The largest absolute Gasteiger partial charge is 0.326 e. The Morgan fingerprint density at radius 1 is 1.29 bits per heavy atom. The SMILES string of the molecule is CC(C)c1nc(SCC(=O)N(C)C2(C#N)CCCCC2)nn1-c1ccccc1. The molecule has 28 heavy (non-hydrogen) atoms. The zero-order valence-corrected chi connectivity index (χ0v) is 17.6. The number of carbonyl (C=O) groups is 1. The number of nitrogens with zero attached hydrogens (tertiary/aromatic N) is 5. The van der Waals surface area contributed by atoms with E-state index in [9.17, 15) is 10.1 Å². The predicted molar refractivity (Wildman–Crippen MR) is 110 cm³/mol. The number of benzene rings is 1. The molecule has 1 amide bonds. The lowest BCUT2D eigenvalue weighted by molar-refractivity contribution is -0.131. The van der Waals surface area contributed by atoms with Gasteiger partial charge in [0.2, 0.25) is 11.1 Å². The van der Waals surface area contributed by atoms with Crippen LogP contribution in [0, 0.1) is 11.3 Å². The maximum atomic E-state index is 12.8. The molecular formula is C21H27N5OS. The zero-order chi connectivity index (χ0) is 20.1. The summed E-state index contributed by atoms with van der Waals surface area (Å²) >= 11 is 1.33. The summed E-state index contributed by atoms with van der Waals surface area (Å²) in [7, 11) is 1.76. The molecule has 2 aromatic rings. The first kappa shape index (κ1) is 20.4. The van der Waals surface area contributed by atoms with Gasteiger partial charge in [-0.3, -0.25) is 4.79 Å². The van der Waals surface area contributed by atoms with Gasteiger partial charge in [-0.15, -0.1) is 5.10 Å². The fraction of sp³-hybridized carbons (Fsp3) is 0.524. The molecule has 1 saturated carbocycles. The number of thioether (sulfide) groups is 1. The highest BCUT2D eigenvalue weighted by atomic mass is 32.2. The smallest absolute Gasteiger partial charge is 0.234 e. The molecule has 0 spiro atoms. The van der Waals surface area contributed by atoms with Crippen LogP contribution in [0.1, 0.15) is 57.7 Å². The predicted octanol–water partition coefficient (Wildman–Crippen LogP) is 4.17. The number of nitriles is 1. The van der Waals surface area contributed by atoms with Crippen LogP contribution >= 0.6 is 11.8 Å². The second-order valence-electron chi connectivity index (χ2n) is 7.60. The Hall–Kier alpha value is -2.33. The van der Waals surface area contributed by atoms with Crippen LogP contribution in [0.3, 0.4) is 0 Å². The van der Waals surface area contributed by atoms with E-state index in [4.69, 9.17) is 0 Å². The van der Waals surface area contributed by atoms with Crippen LogP contribution in [0.4, 0.5) is 0 Å². The van der Waals surface area contributed by atoms with Crippen LogP contribution in [0.15, 0.2) is 35.5 Å². The highest BCUT2D eigenvalue weighted by molar-refractivity contribution is 7.99. The van der Waals surface area contributed by atoms with Crippen molar-refractivity contribution in [2.75, 3.05) is 12.8 Å². The quantitative estimate of drug-likeness (QED) is 0.684. The standard InChI is InChI=1S/C21H27N5OS/c1-16(2)19-23-20(24-26(19)17-10-6-4-7-11-17)28-14-18(27)25(3)21(15-22)12-8-5-9-13-21/h4,6-7,10-11,16H,5,8-9,12-14H2,1-3H3. The Morgan fingerprint density at radius 2 is 1.96 bits per heavy atom. The molecule has 3 rings (SSSR count). The normalized spacial score (nSPS) is 16.0. The molecule has 1 aromatic heterocycles. The van der Waals surface area contributed by atoms with E-state index in [1.54, 1.807) is 11.9 Å². The zero-order valence-electron chi connectivity index (χ0n) is 16.8. The van der Waals surface area contributed by atoms with Gasteiger partial charge < -0.3 is 4.90 Å². The molecule has 148 valence electrons. The Labute approximate surface area is 170 Å². The maximum absolute atomic E-state index is 12.8. The summed E-state index contributed by atoms with van der Waals surface area (Å²) in [5, 5.41) is 14.9. The second-order valence-corrected chi connectivity index (χ2v) is 8.54. The van der Waals surface area contributed by atoms with Crippen LogP contribution in [0.5, 0.6) is 0 Å². The summed E-state index contributed by atoms with van der Waals surface area (Å²) in [6.07, 6.45) is 4.65. The number of carbonyl (C=O) groups excluding carboxylic acids is 1. The van der Waals surface area contributed by atoms with Crippen molar-refractivity contribution in [1.82, 2.24) is 19.7 Å². The van der Waals surface area contributed by atoms with Crippen LogP contribution in [-0.2, 0) is 4.79 Å². The number of amides is 1. The number of aromatic nitrogens is 3. The fourth-order valence-corrected chi connectivity index (χ4v) is 4.36. The lowest BCUT2D eigenvalue weighted by atomic mass is 9.81. The molecule has 1 aliphatic carbocycles. The molecule has 7 heteroatoms. The third-order valence-electron chi connectivity index (χ3n) is 5.36. The van der Waals surface area contributed by atoms with Crippen molar-refractivity contribution in [3.8, 4) is 11.8 Å². The molecule has 1 aromatic carbocycles. The molecule has 6 nitrogen and oxygen atoms in total. The maximum Gasteiger partial charge on any atom is 0.234 e. The van der Waals surface area contributed by atoms with E-state index >= 15 is 0 Å². The summed E-state index contributed by atoms with van der Waals surface area (Å²) in [4.78, 5) is 19.1. The van der Waals surface area contributed by atoms with E-state index in [2.05, 4.69) is 30.0 Å². The molecule has 1 heterocycles. The van der Waals surface area contributed by atoms with Gasteiger partial charge in [-0.1, -0.05) is 63.1 Å². The highest BCUT2D eigenvalue weighted by Gasteiger charge is 2.38. The van der Waals surface area contributed by atoms with E-state index < -0.39 is 5.54 Å². The van der Waals surface area contributed by atoms with Crippen molar-refractivity contribution >= 4 is 17.7 Å². The summed E-state index contributed by atoms with van der Waals surface area (Å²) in [6, 6.07) is 12.3. The Bertz CT molecular complexity index is 849. The molecule has 0 saturated heterocycles. The van der Waals surface area contributed by atoms with Gasteiger partial charge in [-0.05, 0) is 25.0 Å². The Morgan fingerprint density at radius 3 is 2.57 bits per heavy atom. The molecule has 0 radical (unpaired) electrons. The highest BCUT2D eigenvalue weighted by Crippen LogP contribution is 2.33. The van der Waals surface area contributed by atoms with E-state index in [0.29, 0.717) is 5.16 Å². The molecule has 0 N–H and O–H groups in total. The number of hydrogen-bond acceptors (Lipinski definition) is 5. The third kappa shape index (κ3) is 4.22. The molecule has 1 aliphatic rings. The van der Waals surface area contributed by atoms with Gasteiger partial charge in [-0.25, -0.2) is 9.67 Å². The molecular weight excluding hydrogens is 370 g/mol. The molecule has 0 bridgehead atoms. The van der Waals surface area contributed by atoms with Gasteiger partial charge in [0.25, 0.3) is 0 Å². The lowest BCUT2D eigenvalue weighted by Gasteiger charge is -2.38. The summed E-state index contributed by atoms with van der Waals surface area (Å²) in [5.74, 6) is 1.27. The average Bonchev–Trinajstić information content (AvgIpc) is 3.17. The first-order valence-corrected chi connectivity index (χ1v) is 10.8. The van der Waals surface area contributed by atoms with E-state index in [1.807, 2.05) is 35.0 Å². The van der Waals surface area contributed by atoms with Crippen molar-refractivity contribution in [3.05, 3.63) is 36.2 Å². The average molecular weight is 398 g/mol. The Balaban J connectivity index is 1.72. The number of para-hydroxylation sites is 1. The van der Waals surface area contributed by atoms with Crippen molar-refractivity contribution in [2.45, 2.75) is 62.6 Å². The van der Waals surface area contributed by atoms with Gasteiger partial charge in [-0.2, -0.15) is 5.26 Å². The van der Waals surface area contributed by atoms with Crippen molar-refractivity contribution in [2.24, 2.45) is 0 Å². The summed E-state index contributed by atoms with van der Waals surface area (Å²) in [5.41, 5.74) is 0.301. The third-order valence-corrected chi connectivity index (χ3v) is 6.18. The topological polar surface area (TPSA) is 74.8 Å². The fourth-order valence-electron chi connectivity index (χ4n) is 3.62. The van der Waals surface area contributed by atoms with Crippen molar-refractivity contribution in [1.29, 1.82) is 5.26 Å². The van der Waals surface area contributed by atoms with Crippen molar-refractivity contribution < 1.29 is 4.79 Å².